The molecule has 0 saturated carbocycles. The van der Waals surface area contributed by atoms with E-state index in [9.17, 15) is 0 Å². The predicted molar refractivity (Wildman–Crippen MR) is 290 cm³/mol. The Kier molecular flexibility index (Phi) is 9.41. The summed E-state index contributed by atoms with van der Waals surface area (Å²) in [7, 11) is 0. The number of para-hydroxylation sites is 4. The predicted octanol–water partition coefficient (Wildman–Crippen LogP) is 17.3. The van der Waals surface area contributed by atoms with E-state index in [1.807, 2.05) is 12.3 Å². The third-order valence-corrected chi connectivity index (χ3v) is 14.0. The van der Waals surface area contributed by atoms with E-state index in [4.69, 9.17) is 9.72 Å². The lowest BCUT2D eigenvalue weighted by molar-refractivity contribution is 0.483. The maximum atomic E-state index is 6.92. The van der Waals surface area contributed by atoms with Crippen LogP contribution in [-0.4, -0.2) is 16.1 Å². The zero-order valence-corrected chi connectivity index (χ0v) is 38.8. The lowest BCUT2D eigenvalue weighted by Crippen LogP contribution is -2.25. The Morgan fingerprint density at radius 3 is 1.70 bits per heavy atom. The first-order valence-corrected chi connectivity index (χ1v) is 23.8. The second kappa shape index (κ2) is 16.0. The largest absolute Gasteiger partial charge is 0.457 e. The molecule has 0 radical (unpaired) electrons. The van der Waals surface area contributed by atoms with Gasteiger partial charge in [-0.25, -0.2) is 4.98 Å². The van der Waals surface area contributed by atoms with Crippen LogP contribution in [0.3, 0.4) is 0 Å². The van der Waals surface area contributed by atoms with E-state index in [-0.39, 0.29) is 5.41 Å². The molecule has 0 saturated heterocycles. The minimum absolute atomic E-state index is 0.0624. The Labute approximate surface area is 401 Å². The maximum Gasteiger partial charge on any atom is 0.145 e. The summed E-state index contributed by atoms with van der Waals surface area (Å²) in [4.78, 5) is 10.0. The smallest absolute Gasteiger partial charge is 0.145 e. The maximum absolute atomic E-state index is 6.92. The second-order valence-corrected chi connectivity index (χ2v) is 19.2. The molecule has 13 rings (SSSR count). The fourth-order valence-corrected chi connectivity index (χ4v) is 10.8. The van der Waals surface area contributed by atoms with Gasteiger partial charge in [0.15, 0.2) is 0 Å². The number of benzene rings is 9. The van der Waals surface area contributed by atoms with Gasteiger partial charge in [-0.15, -0.1) is 0 Å². The molecule has 5 nitrogen and oxygen atoms in total. The van der Waals surface area contributed by atoms with E-state index in [1.54, 1.807) is 0 Å². The number of pyridine rings is 1. The average Bonchev–Trinajstić information content (AvgIpc) is 3.95. The molecule has 12 aromatic rings. The van der Waals surface area contributed by atoms with Crippen molar-refractivity contribution in [3.05, 3.63) is 230 Å². The minimum atomic E-state index is 0.0624. The van der Waals surface area contributed by atoms with Gasteiger partial charge in [-0.1, -0.05) is 178 Å². The molecule has 0 N–H and O–H groups in total. The highest BCUT2D eigenvalue weighted by Gasteiger charge is 2.31. The molecule has 0 atom stereocenters. The number of nitrogens with zero attached hydrogens (tertiary/aromatic N) is 4. The fourth-order valence-electron chi connectivity index (χ4n) is 10.8. The topological polar surface area (TPSA) is 33.0 Å². The molecule has 1 aliphatic rings. The third kappa shape index (κ3) is 6.72. The molecule has 69 heavy (non-hydrogen) atoms. The number of rotatable bonds is 6. The van der Waals surface area contributed by atoms with Crippen LogP contribution >= 0.6 is 0 Å². The summed E-state index contributed by atoms with van der Waals surface area (Å²) in [6, 6.07) is 78.8. The summed E-state index contributed by atoms with van der Waals surface area (Å²) in [6.45, 7) is 7.43. The van der Waals surface area contributed by atoms with Crippen LogP contribution < -0.4 is 14.5 Å². The van der Waals surface area contributed by atoms with Crippen molar-refractivity contribution in [2.24, 2.45) is 0 Å². The first-order chi connectivity index (χ1) is 33.9. The van der Waals surface area contributed by atoms with Crippen molar-refractivity contribution in [3.8, 4) is 33.8 Å². The van der Waals surface area contributed by atoms with Crippen LogP contribution in [0.25, 0.3) is 82.0 Å². The van der Waals surface area contributed by atoms with E-state index >= 15 is 0 Å². The van der Waals surface area contributed by atoms with Gasteiger partial charge in [0.1, 0.15) is 23.8 Å². The Hall–Kier alpha value is -8.67. The first kappa shape index (κ1) is 40.6. The van der Waals surface area contributed by atoms with Crippen molar-refractivity contribution in [3.63, 3.8) is 0 Å². The van der Waals surface area contributed by atoms with Crippen molar-refractivity contribution >= 4 is 82.5 Å². The summed E-state index contributed by atoms with van der Waals surface area (Å²) >= 11 is 0. The van der Waals surface area contributed by atoms with Gasteiger partial charge < -0.3 is 14.5 Å². The molecule has 0 amide bonds. The molecule has 5 heteroatoms. The van der Waals surface area contributed by atoms with Crippen LogP contribution in [0.15, 0.2) is 225 Å². The van der Waals surface area contributed by atoms with Crippen LogP contribution in [0.2, 0.25) is 0 Å². The fraction of sp³-hybridized carbons (Fsp3) is 0.0781. The minimum Gasteiger partial charge on any atom is -0.457 e. The summed E-state index contributed by atoms with van der Waals surface area (Å²) in [5, 5.41) is 9.29. The highest BCUT2D eigenvalue weighted by Crippen LogP contribution is 2.51. The molecular formula is C64H48N4O. The molecule has 3 aromatic heterocycles. The van der Waals surface area contributed by atoms with Crippen LogP contribution in [0, 0.1) is 0 Å². The van der Waals surface area contributed by atoms with E-state index in [0.717, 1.165) is 61.4 Å². The van der Waals surface area contributed by atoms with Crippen LogP contribution in [0.4, 0.5) is 22.7 Å². The summed E-state index contributed by atoms with van der Waals surface area (Å²) < 4.78 is 9.28. The van der Waals surface area contributed by atoms with E-state index in [0.29, 0.717) is 6.67 Å². The quantitative estimate of drug-likeness (QED) is 0.167. The number of anilines is 4. The third-order valence-electron chi connectivity index (χ3n) is 14.0. The SMILES string of the molecule is CC(C)(C)c1ccc(-c2cccc(-c3ccccc3)c2N2CN(c3cccc(Oc4ccc5c6cccc7c8ccccc8c8ccccc8c8cccnc8n(c5c4)c76)c3)c3ccccc32)cc1. The zero-order chi connectivity index (χ0) is 46.2. The van der Waals surface area contributed by atoms with Gasteiger partial charge in [-0.3, -0.25) is 4.40 Å². The van der Waals surface area contributed by atoms with Crippen molar-refractivity contribution in [1.82, 2.24) is 9.38 Å². The van der Waals surface area contributed by atoms with Crippen molar-refractivity contribution in [2.75, 3.05) is 16.5 Å². The average molecular weight is 889 g/mol. The van der Waals surface area contributed by atoms with E-state index < -0.39 is 0 Å². The normalized spacial score (nSPS) is 12.7. The Morgan fingerprint density at radius 1 is 0.435 bits per heavy atom. The molecule has 0 bridgehead atoms. The molecule has 0 spiro atoms. The summed E-state index contributed by atoms with van der Waals surface area (Å²) in [5.74, 6) is 1.51. The van der Waals surface area contributed by atoms with E-state index in [2.05, 4.69) is 247 Å². The van der Waals surface area contributed by atoms with Gasteiger partial charge in [0.2, 0.25) is 0 Å². The lowest BCUT2D eigenvalue weighted by Gasteiger charge is -2.27. The van der Waals surface area contributed by atoms with E-state index in [1.165, 1.54) is 60.4 Å². The zero-order valence-electron chi connectivity index (χ0n) is 38.8. The molecule has 0 aliphatic carbocycles. The molecule has 0 unspecified atom stereocenters. The van der Waals surface area contributed by atoms with Crippen molar-refractivity contribution < 1.29 is 4.74 Å². The number of hydrogen-bond acceptors (Lipinski definition) is 4. The Bertz CT molecular complexity index is 4020. The summed E-state index contributed by atoms with van der Waals surface area (Å²) in [6.07, 6.45) is 1.90. The summed E-state index contributed by atoms with van der Waals surface area (Å²) in [5.41, 5.74) is 13.7. The molecule has 9 aromatic carbocycles. The first-order valence-electron chi connectivity index (χ1n) is 23.8. The molecule has 330 valence electrons. The standard InChI is InChI=1S/C64H48N4O/c1-64(2,3)44-34-32-43(33-35-44)49-26-14-25-48(42-17-5-4-6-18-42)61(49)67-41-66(58-30-11-12-31-59(58)67)45-19-13-20-46(39-45)69-47-36-37-54-56-28-15-27-55-52-23-9-7-21-50(52)51-22-8-10-24-53(51)57-29-16-38-65-63(57)68(62(55)56)60(54)40-47/h4-40H,41H2,1-3H3. The van der Waals surface area contributed by atoms with Gasteiger partial charge >= 0.3 is 0 Å². The Morgan fingerprint density at radius 2 is 0.986 bits per heavy atom. The van der Waals surface area contributed by atoms with Crippen LogP contribution in [0.1, 0.15) is 26.3 Å². The lowest BCUT2D eigenvalue weighted by atomic mass is 9.86. The monoisotopic (exact) mass is 888 g/mol. The number of ether oxygens (including phenoxy) is 1. The number of hydrogen-bond donors (Lipinski definition) is 0. The van der Waals surface area contributed by atoms with Gasteiger partial charge in [-0.2, -0.15) is 0 Å². The van der Waals surface area contributed by atoms with Crippen LogP contribution in [0.5, 0.6) is 11.5 Å². The van der Waals surface area contributed by atoms with Gasteiger partial charge in [0, 0.05) is 56.7 Å². The molecule has 0 fully saturated rings. The van der Waals surface area contributed by atoms with Crippen LogP contribution in [-0.2, 0) is 5.41 Å². The van der Waals surface area contributed by atoms with Gasteiger partial charge in [0.25, 0.3) is 0 Å². The highest BCUT2D eigenvalue weighted by molar-refractivity contribution is 6.24. The molecule has 4 heterocycles. The Balaban J connectivity index is 0.932. The van der Waals surface area contributed by atoms with Gasteiger partial charge in [-0.05, 0) is 92.2 Å². The molecular weight excluding hydrogens is 841 g/mol. The van der Waals surface area contributed by atoms with Gasteiger partial charge in [0.05, 0.1) is 28.1 Å². The van der Waals surface area contributed by atoms with Crippen molar-refractivity contribution in [2.45, 2.75) is 26.2 Å². The number of aromatic nitrogens is 2. The highest BCUT2D eigenvalue weighted by atomic mass is 16.5. The van der Waals surface area contributed by atoms with Crippen molar-refractivity contribution in [1.29, 1.82) is 0 Å². The number of fused-ring (bicyclic) bond motifs is 11. The molecule has 1 aliphatic heterocycles. The second-order valence-electron chi connectivity index (χ2n) is 19.2.